The zero-order chi connectivity index (χ0) is 7.56. The lowest BCUT2D eigenvalue weighted by atomic mass is 10.3. The summed E-state index contributed by atoms with van der Waals surface area (Å²) in [4.78, 5) is 10.8. The summed E-state index contributed by atoms with van der Waals surface area (Å²) in [7, 11) is 0. The van der Waals surface area contributed by atoms with E-state index < -0.39 is 0 Å². The Morgan fingerprint density at radius 3 is 2.80 bits per heavy atom. The maximum atomic E-state index is 10.8. The van der Waals surface area contributed by atoms with Crippen molar-refractivity contribution in [3.05, 3.63) is 20.8 Å². The Kier molecular flexibility index (Phi) is 2.13. The predicted molar refractivity (Wildman–Crippen MR) is 43.5 cm³/mol. The Morgan fingerprint density at radius 1 is 1.70 bits per heavy atom. The molecule has 0 aliphatic rings. The minimum atomic E-state index is -0.0662. The minimum absolute atomic E-state index is 0.0662. The van der Waals surface area contributed by atoms with Crippen LogP contribution in [0.1, 0.15) is 0 Å². The zero-order valence-electron chi connectivity index (χ0n) is 5.39. The second-order valence-corrected chi connectivity index (χ2v) is 2.41. The van der Waals surface area contributed by atoms with Crippen molar-refractivity contribution in [2.75, 3.05) is 18.4 Å². The molecule has 1 rings (SSSR count). The van der Waals surface area contributed by atoms with Crippen LogP contribution in [0.25, 0.3) is 0 Å². The van der Waals surface area contributed by atoms with Gasteiger partial charge >= 0.3 is 0 Å². The number of hydrogen-bond acceptors (Lipinski definition) is 4. The van der Waals surface area contributed by atoms with Crippen LogP contribution in [0.2, 0.25) is 0 Å². The molecule has 0 spiro atoms. The van der Waals surface area contributed by atoms with Crippen LogP contribution in [0.5, 0.6) is 0 Å². The summed E-state index contributed by atoms with van der Waals surface area (Å²) in [5.41, 5.74) is 5.73. The number of hydrogen-bond donors (Lipinski definition) is 2. The summed E-state index contributed by atoms with van der Waals surface area (Å²) in [6, 6.07) is 1.65. The Hall–Kier alpha value is -0.740. The van der Waals surface area contributed by atoms with Crippen LogP contribution in [-0.4, -0.2) is 13.1 Å². The van der Waals surface area contributed by atoms with Gasteiger partial charge in [-0.1, -0.05) is 12.2 Å². The molecule has 0 aromatic heterocycles. The van der Waals surface area contributed by atoms with E-state index in [1.165, 1.54) is 0 Å². The molecule has 3 N–H and O–H groups in total. The second kappa shape index (κ2) is 2.90. The molecule has 0 aliphatic heterocycles. The molecule has 3 nitrogen and oxygen atoms in total. The van der Waals surface area contributed by atoms with Gasteiger partial charge in [-0.3, -0.25) is 4.79 Å². The van der Waals surface area contributed by atoms with Crippen molar-refractivity contribution < 1.29 is 0 Å². The summed E-state index contributed by atoms with van der Waals surface area (Å²) in [6.07, 6.45) is 0. The summed E-state index contributed by atoms with van der Waals surface area (Å²) in [5.74, 6) is 0. The zero-order valence-corrected chi connectivity index (χ0v) is 6.20. The molecule has 0 amide bonds. The first kappa shape index (κ1) is 7.37. The van der Waals surface area contributed by atoms with Crippen molar-refractivity contribution in [2.24, 2.45) is 5.73 Å². The van der Waals surface area contributed by atoms with Crippen molar-refractivity contribution in [2.45, 2.75) is 0 Å². The van der Waals surface area contributed by atoms with Gasteiger partial charge in [-0.2, -0.15) is 0 Å². The average Bonchev–Trinajstić information content (AvgIpc) is 1.97. The van der Waals surface area contributed by atoms with Crippen molar-refractivity contribution in [3.8, 4) is 0 Å². The van der Waals surface area contributed by atoms with E-state index in [0.717, 1.165) is 0 Å². The molecule has 10 heavy (non-hydrogen) atoms. The van der Waals surface area contributed by atoms with E-state index in [1.807, 2.05) is 0 Å². The molecule has 1 aromatic carbocycles. The molecule has 0 fully saturated rings. The van der Waals surface area contributed by atoms with Gasteiger partial charge in [-0.25, -0.2) is 0 Å². The molecular weight excluding hydrogens is 148 g/mol. The van der Waals surface area contributed by atoms with Crippen LogP contribution < -0.4 is 16.5 Å². The van der Waals surface area contributed by atoms with Crippen LogP contribution in [0, 0.1) is 4.51 Å². The Bertz CT molecular complexity index is 287. The van der Waals surface area contributed by atoms with Crippen LogP contribution in [-0.2, 0) is 0 Å². The highest BCUT2D eigenvalue weighted by Crippen LogP contribution is 2.01. The lowest BCUT2D eigenvalue weighted by molar-refractivity contribution is 1.02. The van der Waals surface area contributed by atoms with Crippen molar-refractivity contribution >= 4 is 17.9 Å². The van der Waals surface area contributed by atoms with E-state index in [2.05, 4.69) is 17.5 Å². The molecule has 54 valence electrons. The number of rotatable bonds is 3. The first-order valence-corrected chi connectivity index (χ1v) is 3.41. The van der Waals surface area contributed by atoms with Crippen LogP contribution in [0.15, 0.2) is 10.9 Å². The fourth-order valence-electron chi connectivity index (χ4n) is 0.655. The van der Waals surface area contributed by atoms with Gasteiger partial charge in [0, 0.05) is 13.1 Å². The van der Waals surface area contributed by atoms with Crippen molar-refractivity contribution in [1.82, 2.24) is 0 Å². The van der Waals surface area contributed by atoms with Gasteiger partial charge in [0.05, 0.1) is 10.2 Å². The molecule has 0 aliphatic carbocycles. The summed E-state index contributed by atoms with van der Waals surface area (Å²) >= 11 is 4.64. The highest BCUT2D eigenvalue weighted by Gasteiger charge is 2.03. The lowest BCUT2D eigenvalue weighted by Crippen LogP contribution is -2.20. The van der Waals surface area contributed by atoms with Gasteiger partial charge in [0.2, 0.25) is 5.43 Å². The van der Waals surface area contributed by atoms with E-state index >= 15 is 0 Å². The Balaban J connectivity index is 2.55. The molecule has 0 heterocycles. The normalized spacial score (nSPS) is 10.1. The summed E-state index contributed by atoms with van der Waals surface area (Å²) < 4.78 is 0.402. The van der Waals surface area contributed by atoms with Crippen molar-refractivity contribution in [1.29, 1.82) is 0 Å². The fourth-order valence-corrected chi connectivity index (χ4v) is 0.883. The third-order valence-corrected chi connectivity index (χ3v) is 1.51. The number of nitrogens with two attached hydrogens (primary N) is 1. The number of nitrogens with one attached hydrogen (secondary N) is 1. The molecule has 0 saturated carbocycles. The molecule has 0 unspecified atom stereocenters. The quantitative estimate of drug-likeness (QED) is 0.606. The summed E-state index contributed by atoms with van der Waals surface area (Å²) in [5, 5.41) is 2.85. The first-order valence-electron chi connectivity index (χ1n) is 3.00. The highest BCUT2D eigenvalue weighted by molar-refractivity contribution is 7.71. The van der Waals surface area contributed by atoms with Crippen LogP contribution in [0.3, 0.4) is 0 Å². The van der Waals surface area contributed by atoms with E-state index in [1.54, 1.807) is 6.07 Å². The fraction of sp³-hybridized carbons (Fsp3) is 0.333. The monoisotopic (exact) mass is 156 g/mol. The van der Waals surface area contributed by atoms with Crippen LogP contribution >= 0.6 is 12.2 Å². The van der Waals surface area contributed by atoms with Crippen molar-refractivity contribution in [3.63, 3.8) is 0 Å². The standard InChI is InChI=1S/C6H8N2OS/c7-1-2-8-4-3-5(10)6(4)9/h3,8H,1-2,7H2. The van der Waals surface area contributed by atoms with Gasteiger partial charge in [0.25, 0.3) is 0 Å². The minimum Gasteiger partial charge on any atom is -0.381 e. The third kappa shape index (κ3) is 1.22. The maximum absolute atomic E-state index is 10.8. The van der Waals surface area contributed by atoms with E-state index in [-0.39, 0.29) is 5.43 Å². The first-order chi connectivity index (χ1) is 4.75. The van der Waals surface area contributed by atoms with Gasteiger partial charge in [0.15, 0.2) is 0 Å². The lowest BCUT2D eigenvalue weighted by Gasteiger charge is -2.03. The molecule has 0 atom stereocenters. The second-order valence-electron chi connectivity index (χ2n) is 1.97. The van der Waals surface area contributed by atoms with Gasteiger partial charge in [-0.15, -0.1) is 0 Å². The smallest absolute Gasteiger partial charge is 0.219 e. The Labute approximate surface area is 63.6 Å². The van der Waals surface area contributed by atoms with Gasteiger partial charge in [-0.05, 0) is 6.07 Å². The summed E-state index contributed by atoms with van der Waals surface area (Å²) in [6.45, 7) is 1.15. The molecule has 1 aromatic rings. The van der Waals surface area contributed by atoms with Gasteiger partial charge in [0.1, 0.15) is 0 Å². The molecule has 0 radical (unpaired) electrons. The average molecular weight is 156 g/mol. The van der Waals surface area contributed by atoms with E-state index in [4.69, 9.17) is 5.73 Å². The SMILES string of the molecule is NCCNc1cc(=S)c1=O. The Morgan fingerprint density at radius 2 is 2.40 bits per heavy atom. The van der Waals surface area contributed by atoms with Crippen LogP contribution in [0.4, 0.5) is 5.69 Å². The van der Waals surface area contributed by atoms with E-state index in [0.29, 0.717) is 23.3 Å². The predicted octanol–water partition coefficient (Wildman–Crippen LogP) is 0.0225. The molecule has 0 saturated heterocycles. The molecule has 4 heteroatoms. The topological polar surface area (TPSA) is 55.1 Å². The van der Waals surface area contributed by atoms with E-state index in [9.17, 15) is 4.79 Å². The largest absolute Gasteiger partial charge is 0.381 e. The number of anilines is 1. The molecule has 0 bridgehead atoms. The van der Waals surface area contributed by atoms with Gasteiger partial charge < -0.3 is 11.1 Å². The third-order valence-electron chi connectivity index (χ3n) is 1.20. The molecular formula is C6H8N2OS. The highest BCUT2D eigenvalue weighted by atomic mass is 32.1. The maximum Gasteiger partial charge on any atom is 0.219 e.